The van der Waals surface area contributed by atoms with E-state index >= 15 is 0 Å². The van der Waals surface area contributed by atoms with Crippen LogP contribution >= 0.6 is 0 Å². The molecule has 0 saturated carbocycles. The molecule has 2 aromatic rings. The van der Waals surface area contributed by atoms with Crippen LogP contribution in [0, 0.1) is 0 Å². The molecule has 28 heavy (non-hydrogen) atoms. The molecule has 4 nitrogen and oxygen atoms in total. The lowest BCUT2D eigenvalue weighted by Gasteiger charge is -2.37. The Morgan fingerprint density at radius 3 is 1.39 bits per heavy atom. The van der Waals surface area contributed by atoms with Crippen LogP contribution in [0.25, 0.3) is 12.4 Å². The molecule has 0 radical (unpaired) electrons. The van der Waals surface area contributed by atoms with Crippen LogP contribution in [0.4, 0.5) is 11.6 Å². The number of fused-ring (bicyclic) bond motifs is 2. The van der Waals surface area contributed by atoms with E-state index in [1.165, 1.54) is 85.5 Å². The highest BCUT2D eigenvalue weighted by Gasteiger charge is 2.26. The summed E-state index contributed by atoms with van der Waals surface area (Å²) in [7, 11) is 0. The van der Waals surface area contributed by atoms with E-state index in [0.29, 0.717) is 0 Å². The maximum atomic E-state index is 4.10. The number of hydrogen-bond acceptors (Lipinski definition) is 2. The van der Waals surface area contributed by atoms with E-state index in [0.717, 1.165) is 26.2 Å². The lowest BCUT2D eigenvalue weighted by atomic mass is 9.98. The molecule has 1 saturated heterocycles. The van der Waals surface area contributed by atoms with Crippen molar-refractivity contribution in [2.45, 2.75) is 51.4 Å². The highest BCUT2D eigenvalue weighted by atomic mass is 15.3. The Labute approximate surface area is 168 Å². The Kier molecular flexibility index (Phi) is 4.58. The SMILES string of the molecule is C=Cn1c(N2CCN(c3cc4c(n3C=C)CCCC4)CC2)cc2c1CCCC2. The summed E-state index contributed by atoms with van der Waals surface area (Å²) in [5, 5.41) is 0. The molecule has 1 fully saturated rings. The molecule has 0 unspecified atom stereocenters. The summed E-state index contributed by atoms with van der Waals surface area (Å²) in [5.74, 6) is 2.69. The summed E-state index contributed by atoms with van der Waals surface area (Å²) in [5.41, 5.74) is 6.06. The molecule has 0 bridgehead atoms. The van der Waals surface area contributed by atoms with Gasteiger partial charge in [0.15, 0.2) is 0 Å². The second-order valence-electron chi connectivity index (χ2n) is 8.44. The lowest BCUT2D eigenvalue weighted by molar-refractivity contribution is 0.628. The maximum Gasteiger partial charge on any atom is 0.113 e. The fourth-order valence-electron chi connectivity index (χ4n) is 5.47. The van der Waals surface area contributed by atoms with Gasteiger partial charge in [-0.15, -0.1) is 0 Å². The first kappa shape index (κ1) is 17.7. The zero-order valence-corrected chi connectivity index (χ0v) is 17.0. The largest absolute Gasteiger partial charge is 0.354 e. The molecule has 148 valence electrons. The number of nitrogens with zero attached hydrogens (tertiary/aromatic N) is 4. The molecule has 1 aliphatic heterocycles. The van der Waals surface area contributed by atoms with Crippen molar-refractivity contribution in [3.63, 3.8) is 0 Å². The van der Waals surface area contributed by atoms with E-state index in [-0.39, 0.29) is 0 Å². The Morgan fingerprint density at radius 2 is 1.00 bits per heavy atom. The number of aromatic nitrogens is 2. The van der Waals surface area contributed by atoms with Crippen LogP contribution in [-0.2, 0) is 25.7 Å². The first-order valence-corrected chi connectivity index (χ1v) is 11.0. The van der Waals surface area contributed by atoms with Gasteiger partial charge < -0.3 is 18.9 Å². The zero-order valence-electron chi connectivity index (χ0n) is 17.0. The smallest absolute Gasteiger partial charge is 0.113 e. The number of piperazine rings is 1. The van der Waals surface area contributed by atoms with Crippen LogP contribution in [0.3, 0.4) is 0 Å². The fraction of sp³-hybridized carbons (Fsp3) is 0.500. The van der Waals surface area contributed by atoms with Gasteiger partial charge in [0.1, 0.15) is 11.6 Å². The monoisotopic (exact) mass is 376 g/mol. The second-order valence-corrected chi connectivity index (χ2v) is 8.44. The topological polar surface area (TPSA) is 16.3 Å². The van der Waals surface area contributed by atoms with E-state index in [4.69, 9.17) is 0 Å². The van der Waals surface area contributed by atoms with Gasteiger partial charge in [0.05, 0.1) is 0 Å². The number of aryl methyl sites for hydroxylation is 2. The van der Waals surface area contributed by atoms with Crippen molar-refractivity contribution in [2.24, 2.45) is 0 Å². The predicted molar refractivity (Wildman–Crippen MR) is 119 cm³/mol. The first-order valence-electron chi connectivity index (χ1n) is 11.0. The van der Waals surface area contributed by atoms with E-state index in [9.17, 15) is 0 Å². The molecular weight excluding hydrogens is 344 g/mol. The molecule has 0 aromatic carbocycles. The Hall–Kier alpha value is -2.36. The van der Waals surface area contributed by atoms with Crippen molar-refractivity contribution >= 4 is 24.0 Å². The van der Waals surface area contributed by atoms with Gasteiger partial charge >= 0.3 is 0 Å². The van der Waals surface area contributed by atoms with Crippen LogP contribution in [0.15, 0.2) is 25.3 Å². The fourth-order valence-corrected chi connectivity index (χ4v) is 5.47. The van der Waals surface area contributed by atoms with Crippen LogP contribution in [-0.4, -0.2) is 35.3 Å². The van der Waals surface area contributed by atoms with E-state index in [1.807, 2.05) is 12.4 Å². The van der Waals surface area contributed by atoms with E-state index < -0.39 is 0 Å². The van der Waals surface area contributed by atoms with Gasteiger partial charge in [0.2, 0.25) is 0 Å². The quantitative estimate of drug-likeness (QED) is 0.777. The predicted octanol–water partition coefficient (Wildman–Crippen LogP) is 4.57. The van der Waals surface area contributed by atoms with Crippen molar-refractivity contribution < 1.29 is 0 Å². The molecule has 3 heterocycles. The molecule has 2 aliphatic carbocycles. The minimum absolute atomic E-state index is 1.06. The average Bonchev–Trinajstić information content (AvgIpc) is 3.31. The summed E-state index contributed by atoms with van der Waals surface area (Å²) < 4.78 is 4.71. The Bertz CT molecular complexity index is 818. The number of rotatable bonds is 4. The third-order valence-corrected chi connectivity index (χ3v) is 6.94. The minimum Gasteiger partial charge on any atom is -0.354 e. The summed E-state index contributed by atoms with van der Waals surface area (Å²) in [6.07, 6.45) is 14.1. The van der Waals surface area contributed by atoms with Gasteiger partial charge in [-0.25, -0.2) is 0 Å². The Morgan fingerprint density at radius 1 is 0.607 bits per heavy atom. The molecule has 4 heteroatoms. The molecule has 0 spiro atoms. The highest BCUT2D eigenvalue weighted by molar-refractivity contribution is 5.58. The van der Waals surface area contributed by atoms with Crippen molar-refractivity contribution in [1.82, 2.24) is 9.13 Å². The number of anilines is 2. The highest BCUT2D eigenvalue weighted by Crippen LogP contribution is 2.33. The van der Waals surface area contributed by atoms with Crippen molar-refractivity contribution in [3.05, 3.63) is 47.8 Å². The van der Waals surface area contributed by atoms with Crippen LogP contribution in [0.2, 0.25) is 0 Å². The van der Waals surface area contributed by atoms with Crippen LogP contribution in [0.1, 0.15) is 48.2 Å². The maximum absolute atomic E-state index is 4.10. The molecule has 0 atom stereocenters. The standard InChI is InChI=1S/C24H32N4/c1-3-27-21-11-7-5-9-19(21)17-23(27)25-13-15-26(16-14-25)24-18-20-10-6-8-12-22(20)28(24)4-2/h3-4,17-18H,1-2,5-16H2. The third-order valence-electron chi connectivity index (χ3n) is 6.94. The molecule has 3 aliphatic rings. The molecule has 0 amide bonds. The van der Waals surface area contributed by atoms with E-state index in [2.05, 4.69) is 44.2 Å². The third kappa shape index (κ3) is 2.81. The molecule has 0 N–H and O–H groups in total. The Balaban J connectivity index is 1.36. The van der Waals surface area contributed by atoms with Gasteiger partial charge in [-0.3, -0.25) is 0 Å². The first-order chi connectivity index (χ1) is 13.8. The summed E-state index contributed by atoms with van der Waals surface area (Å²) in [6, 6.07) is 4.86. The second kappa shape index (κ2) is 7.23. The summed E-state index contributed by atoms with van der Waals surface area (Å²) in [4.78, 5) is 5.11. The van der Waals surface area contributed by atoms with Gasteiger partial charge in [-0.2, -0.15) is 0 Å². The van der Waals surface area contributed by atoms with E-state index in [1.54, 1.807) is 0 Å². The minimum atomic E-state index is 1.06. The molecular formula is C24H32N4. The van der Waals surface area contributed by atoms with Gasteiger partial charge in [0.25, 0.3) is 0 Å². The zero-order chi connectivity index (χ0) is 19.1. The average molecular weight is 377 g/mol. The molecule has 5 rings (SSSR count). The summed E-state index contributed by atoms with van der Waals surface area (Å²) in [6.45, 7) is 12.4. The summed E-state index contributed by atoms with van der Waals surface area (Å²) >= 11 is 0. The molecule has 2 aromatic heterocycles. The van der Waals surface area contributed by atoms with Crippen LogP contribution < -0.4 is 9.80 Å². The normalized spacial score (nSPS) is 19.3. The van der Waals surface area contributed by atoms with Crippen molar-refractivity contribution in [2.75, 3.05) is 36.0 Å². The van der Waals surface area contributed by atoms with Crippen molar-refractivity contribution in [3.8, 4) is 0 Å². The van der Waals surface area contributed by atoms with Crippen LogP contribution in [0.5, 0.6) is 0 Å². The van der Waals surface area contributed by atoms with Gasteiger partial charge in [-0.05, 0) is 74.6 Å². The lowest BCUT2D eigenvalue weighted by Crippen LogP contribution is -2.47. The number of hydrogen-bond donors (Lipinski definition) is 0. The van der Waals surface area contributed by atoms with Crippen molar-refractivity contribution in [1.29, 1.82) is 0 Å². The van der Waals surface area contributed by atoms with Gasteiger partial charge in [0, 0.05) is 50.0 Å². The van der Waals surface area contributed by atoms with Gasteiger partial charge in [-0.1, -0.05) is 13.2 Å².